The molecule has 0 radical (unpaired) electrons. The lowest BCUT2D eigenvalue weighted by atomic mass is 10.00. The maximum atomic E-state index is 13.0. The third-order valence-corrected chi connectivity index (χ3v) is 3.81. The van der Waals surface area contributed by atoms with Gasteiger partial charge in [-0.05, 0) is 17.7 Å². The van der Waals surface area contributed by atoms with Crippen molar-refractivity contribution < 1.29 is 22.6 Å². The standard InChI is InChI=1S/C15H21F3N2O2.ClH/c1-21-13-4-3-11(9-14(13)22-2)12(10-15(16,17)18)20-7-5-19-6-8-20;/h3-4,9,12,19H,5-8,10H2,1-2H3;1H/t12-;/m0./s1. The molecule has 0 amide bonds. The summed E-state index contributed by atoms with van der Waals surface area (Å²) < 4.78 is 49.3. The third-order valence-electron chi connectivity index (χ3n) is 3.81. The van der Waals surface area contributed by atoms with Gasteiger partial charge in [-0.25, -0.2) is 0 Å². The molecule has 1 heterocycles. The van der Waals surface area contributed by atoms with Gasteiger partial charge in [0.15, 0.2) is 11.5 Å². The van der Waals surface area contributed by atoms with Gasteiger partial charge in [0.05, 0.1) is 20.6 Å². The van der Waals surface area contributed by atoms with E-state index in [0.717, 1.165) is 0 Å². The van der Waals surface area contributed by atoms with E-state index in [2.05, 4.69) is 5.32 Å². The van der Waals surface area contributed by atoms with Crippen molar-refractivity contribution in [1.29, 1.82) is 0 Å². The van der Waals surface area contributed by atoms with Crippen LogP contribution in [-0.4, -0.2) is 51.5 Å². The van der Waals surface area contributed by atoms with Gasteiger partial charge < -0.3 is 14.8 Å². The van der Waals surface area contributed by atoms with E-state index < -0.39 is 18.6 Å². The average molecular weight is 355 g/mol. The SMILES string of the molecule is COc1ccc([C@H](CC(F)(F)F)N2CCNCC2)cc1OC.Cl. The van der Waals surface area contributed by atoms with Crippen molar-refractivity contribution >= 4 is 12.4 Å². The highest BCUT2D eigenvalue weighted by Gasteiger charge is 2.36. The summed E-state index contributed by atoms with van der Waals surface area (Å²) in [6, 6.07) is 4.26. The van der Waals surface area contributed by atoms with E-state index >= 15 is 0 Å². The highest BCUT2D eigenvalue weighted by Crippen LogP contribution is 2.37. The van der Waals surface area contributed by atoms with Gasteiger partial charge in [-0.2, -0.15) is 13.2 Å². The second-order valence-electron chi connectivity index (χ2n) is 5.24. The second-order valence-corrected chi connectivity index (χ2v) is 5.24. The van der Waals surface area contributed by atoms with Gasteiger partial charge in [0.2, 0.25) is 0 Å². The number of methoxy groups -OCH3 is 2. The number of piperazine rings is 1. The Kier molecular flexibility index (Phi) is 7.44. The summed E-state index contributed by atoms with van der Waals surface area (Å²) >= 11 is 0. The molecule has 1 saturated heterocycles. The van der Waals surface area contributed by atoms with Gasteiger partial charge in [0, 0.05) is 32.2 Å². The quantitative estimate of drug-likeness (QED) is 0.881. The summed E-state index contributed by atoms with van der Waals surface area (Å²) in [5, 5.41) is 3.16. The van der Waals surface area contributed by atoms with Crippen LogP contribution in [0, 0.1) is 0 Å². The number of hydrogen-bond donors (Lipinski definition) is 1. The van der Waals surface area contributed by atoms with Crippen molar-refractivity contribution in [1.82, 2.24) is 10.2 Å². The molecular weight excluding hydrogens is 333 g/mol. The summed E-state index contributed by atoms with van der Waals surface area (Å²) in [7, 11) is 2.98. The van der Waals surface area contributed by atoms with Gasteiger partial charge in [-0.15, -0.1) is 12.4 Å². The lowest BCUT2D eigenvalue weighted by Crippen LogP contribution is -2.46. The van der Waals surface area contributed by atoms with E-state index in [-0.39, 0.29) is 12.4 Å². The molecule has 0 aliphatic carbocycles. The summed E-state index contributed by atoms with van der Waals surface area (Å²) in [5.74, 6) is 0.958. The molecule has 2 rings (SSSR count). The fraction of sp³-hybridized carbons (Fsp3) is 0.600. The Hall–Kier alpha value is -1.18. The van der Waals surface area contributed by atoms with Crippen LogP contribution in [0.3, 0.4) is 0 Å². The van der Waals surface area contributed by atoms with Crippen LogP contribution in [0.5, 0.6) is 11.5 Å². The molecule has 0 saturated carbocycles. The van der Waals surface area contributed by atoms with Gasteiger partial charge >= 0.3 is 6.18 Å². The number of nitrogens with one attached hydrogen (secondary N) is 1. The maximum Gasteiger partial charge on any atom is 0.390 e. The van der Waals surface area contributed by atoms with E-state index in [1.807, 2.05) is 4.90 Å². The molecule has 8 heteroatoms. The van der Waals surface area contributed by atoms with Crippen LogP contribution in [0.25, 0.3) is 0 Å². The third kappa shape index (κ3) is 5.44. The Labute approximate surface area is 140 Å². The summed E-state index contributed by atoms with van der Waals surface area (Å²) in [6.07, 6.45) is -5.09. The summed E-state index contributed by atoms with van der Waals surface area (Å²) in [4.78, 5) is 1.87. The van der Waals surface area contributed by atoms with Crippen LogP contribution in [-0.2, 0) is 0 Å². The first-order valence-corrected chi connectivity index (χ1v) is 7.18. The topological polar surface area (TPSA) is 33.7 Å². The van der Waals surface area contributed by atoms with E-state index in [4.69, 9.17) is 9.47 Å². The first-order chi connectivity index (χ1) is 10.4. The predicted molar refractivity (Wildman–Crippen MR) is 84.6 cm³/mol. The van der Waals surface area contributed by atoms with Crippen LogP contribution in [0.4, 0.5) is 13.2 Å². The second kappa shape index (κ2) is 8.61. The van der Waals surface area contributed by atoms with E-state index in [1.54, 1.807) is 18.2 Å². The molecule has 1 aromatic rings. The monoisotopic (exact) mass is 354 g/mol. The minimum absolute atomic E-state index is 0. The molecule has 1 fully saturated rings. The highest BCUT2D eigenvalue weighted by atomic mass is 35.5. The van der Waals surface area contributed by atoms with Crippen molar-refractivity contribution in [2.45, 2.75) is 18.6 Å². The molecule has 1 atom stereocenters. The van der Waals surface area contributed by atoms with Gasteiger partial charge in [-0.3, -0.25) is 4.90 Å². The Bertz CT molecular complexity index is 494. The van der Waals surface area contributed by atoms with Crippen molar-refractivity contribution in [3.8, 4) is 11.5 Å². The zero-order valence-electron chi connectivity index (χ0n) is 13.2. The average Bonchev–Trinajstić information content (AvgIpc) is 2.52. The fourth-order valence-corrected chi connectivity index (χ4v) is 2.73. The van der Waals surface area contributed by atoms with E-state index in [1.165, 1.54) is 14.2 Å². The molecule has 1 aliphatic heterocycles. The minimum atomic E-state index is -4.22. The maximum absolute atomic E-state index is 13.0. The van der Waals surface area contributed by atoms with Crippen LogP contribution in [0.15, 0.2) is 18.2 Å². The molecule has 132 valence electrons. The Morgan fingerprint density at radius 2 is 1.74 bits per heavy atom. The van der Waals surface area contributed by atoms with E-state index in [9.17, 15) is 13.2 Å². The number of ether oxygens (including phenoxy) is 2. The van der Waals surface area contributed by atoms with Gasteiger partial charge in [0.1, 0.15) is 0 Å². The van der Waals surface area contributed by atoms with E-state index in [0.29, 0.717) is 43.2 Å². The molecule has 1 aliphatic rings. The van der Waals surface area contributed by atoms with Crippen molar-refractivity contribution in [3.05, 3.63) is 23.8 Å². The zero-order valence-corrected chi connectivity index (χ0v) is 14.0. The molecule has 1 aromatic carbocycles. The number of rotatable bonds is 5. The molecular formula is C15H22ClF3N2O2. The van der Waals surface area contributed by atoms with Gasteiger partial charge in [-0.1, -0.05) is 6.07 Å². The first-order valence-electron chi connectivity index (χ1n) is 7.18. The number of alkyl halides is 3. The lowest BCUT2D eigenvalue weighted by Gasteiger charge is -2.35. The molecule has 4 nitrogen and oxygen atoms in total. The van der Waals surface area contributed by atoms with Crippen LogP contribution in [0.1, 0.15) is 18.0 Å². The zero-order chi connectivity index (χ0) is 16.2. The summed E-state index contributed by atoms with van der Waals surface area (Å²) in [6.45, 7) is 2.58. The fourth-order valence-electron chi connectivity index (χ4n) is 2.73. The molecule has 0 aromatic heterocycles. The minimum Gasteiger partial charge on any atom is -0.493 e. The number of hydrogen-bond acceptors (Lipinski definition) is 4. The number of halogens is 4. The Morgan fingerprint density at radius 3 is 2.26 bits per heavy atom. The normalized spacial score (nSPS) is 17.3. The molecule has 0 spiro atoms. The predicted octanol–water partition coefficient (Wildman–Crippen LogP) is 3.02. The molecule has 0 unspecified atom stereocenters. The van der Waals surface area contributed by atoms with Gasteiger partial charge in [0.25, 0.3) is 0 Å². The van der Waals surface area contributed by atoms with Crippen molar-refractivity contribution in [2.24, 2.45) is 0 Å². The Morgan fingerprint density at radius 1 is 1.13 bits per heavy atom. The molecule has 0 bridgehead atoms. The number of benzene rings is 1. The molecule has 1 N–H and O–H groups in total. The lowest BCUT2D eigenvalue weighted by molar-refractivity contribution is -0.148. The smallest absolute Gasteiger partial charge is 0.390 e. The van der Waals surface area contributed by atoms with Crippen LogP contribution in [0.2, 0.25) is 0 Å². The van der Waals surface area contributed by atoms with Crippen LogP contribution >= 0.6 is 12.4 Å². The first kappa shape index (κ1) is 19.9. The highest BCUT2D eigenvalue weighted by molar-refractivity contribution is 5.85. The summed E-state index contributed by atoms with van der Waals surface area (Å²) in [5.41, 5.74) is 0.594. The Balaban J connectivity index is 0.00000264. The van der Waals surface area contributed by atoms with Crippen LogP contribution < -0.4 is 14.8 Å². The largest absolute Gasteiger partial charge is 0.493 e. The molecule has 23 heavy (non-hydrogen) atoms. The van der Waals surface area contributed by atoms with Crippen molar-refractivity contribution in [2.75, 3.05) is 40.4 Å². The number of nitrogens with zero attached hydrogens (tertiary/aromatic N) is 1. The van der Waals surface area contributed by atoms with Crippen molar-refractivity contribution in [3.63, 3.8) is 0 Å².